The summed E-state index contributed by atoms with van der Waals surface area (Å²) < 4.78 is 0. The highest BCUT2D eigenvalue weighted by atomic mass is 15.3. The first-order chi connectivity index (χ1) is 7.27. The Morgan fingerprint density at radius 3 is 3.07 bits per heavy atom. The first-order valence-corrected chi connectivity index (χ1v) is 5.85. The average molecular weight is 202 g/mol. The van der Waals surface area contributed by atoms with Crippen LogP contribution in [0.5, 0.6) is 0 Å². The predicted octanol–water partition coefficient (Wildman–Crippen LogP) is 1.72. The minimum absolute atomic E-state index is 0.631. The Balaban J connectivity index is 2.08. The standard InChI is InChI=1S/C13H18N2/c1-9-4-3-5-11-6-12-8-14-7-10(2)15(12)13(9)11/h3-5,10,12,14H,6-8H2,1-2H3/t10?,12-/m1/s1. The zero-order valence-electron chi connectivity index (χ0n) is 9.46. The van der Waals surface area contributed by atoms with Crippen molar-refractivity contribution in [1.29, 1.82) is 0 Å². The fourth-order valence-electron chi connectivity index (χ4n) is 3.10. The molecule has 3 rings (SSSR count). The maximum Gasteiger partial charge on any atom is 0.0459 e. The van der Waals surface area contributed by atoms with Gasteiger partial charge in [-0.1, -0.05) is 18.2 Å². The number of piperazine rings is 1. The van der Waals surface area contributed by atoms with Crippen LogP contribution in [0.4, 0.5) is 5.69 Å². The van der Waals surface area contributed by atoms with Crippen molar-refractivity contribution in [2.75, 3.05) is 18.0 Å². The quantitative estimate of drug-likeness (QED) is 0.689. The third-order valence-electron chi connectivity index (χ3n) is 3.72. The van der Waals surface area contributed by atoms with Crippen molar-refractivity contribution < 1.29 is 0 Å². The highest BCUT2D eigenvalue weighted by Crippen LogP contribution is 2.37. The average Bonchev–Trinajstić information content (AvgIpc) is 2.58. The topological polar surface area (TPSA) is 15.3 Å². The highest BCUT2D eigenvalue weighted by molar-refractivity contribution is 5.65. The number of hydrogen-bond donors (Lipinski definition) is 1. The van der Waals surface area contributed by atoms with E-state index >= 15 is 0 Å². The molecule has 0 aromatic heterocycles. The predicted molar refractivity (Wildman–Crippen MR) is 63.5 cm³/mol. The molecule has 2 heterocycles. The van der Waals surface area contributed by atoms with Gasteiger partial charge in [0.25, 0.3) is 0 Å². The van der Waals surface area contributed by atoms with Gasteiger partial charge in [-0.3, -0.25) is 0 Å². The number of aryl methyl sites for hydroxylation is 1. The molecular weight excluding hydrogens is 184 g/mol. The van der Waals surface area contributed by atoms with Gasteiger partial charge in [-0.2, -0.15) is 0 Å². The fraction of sp³-hybridized carbons (Fsp3) is 0.538. The molecule has 1 saturated heterocycles. The van der Waals surface area contributed by atoms with E-state index in [0.29, 0.717) is 12.1 Å². The Kier molecular flexibility index (Phi) is 1.99. The number of rotatable bonds is 0. The molecular formula is C13H18N2. The van der Waals surface area contributed by atoms with Gasteiger partial charge in [0.05, 0.1) is 0 Å². The zero-order valence-corrected chi connectivity index (χ0v) is 9.46. The van der Waals surface area contributed by atoms with Crippen LogP contribution in [0.15, 0.2) is 18.2 Å². The van der Waals surface area contributed by atoms with Crippen molar-refractivity contribution in [1.82, 2.24) is 5.32 Å². The van der Waals surface area contributed by atoms with Crippen LogP contribution >= 0.6 is 0 Å². The Labute approximate surface area is 91.3 Å². The van der Waals surface area contributed by atoms with Gasteiger partial charge < -0.3 is 10.2 Å². The van der Waals surface area contributed by atoms with Crippen LogP contribution in [0.3, 0.4) is 0 Å². The van der Waals surface area contributed by atoms with Crippen molar-refractivity contribution in [2.45, 2.75) is 32.4 Å². The van der Waals surface area contributed by atoms with E-state index in [9.17, 15) is 0 Å². The zero-order chi connectivity index (χ0) is 10.4. The first-order valence-electron chi connectivity index (χ1n) is 5.85. The summed E-state index contributed by atoms with van der Waals surface area (Å²) in [5, 5.41) is 3.52. The highest BCUT2D eigenvalue weighted by Gasteiger charge is 2.35. The van der Waals surface area contributed by atoms with Gasteiger partial charge in [-0.05, 0) is 31.4 Å². The lowest BCUT2D eigenvalue weighted by atomic mass is 10.1. The summed E-state index contributed by atoms with van der Waals surface area (Å²) in [7, 11) is 0. The van der Waals surface area contributed by atoms with Crippen molar-refractivity contribution in [3.63, 3.8) is 0 Å². The maximum atomic E-state index is 3.52. The molecule has 0 aliphatic carbocycles. The Morgan fingerprint density at radius 2 is 2.20 bits per heavy atom. The van der Waals surface area contributed by atoms with Gasteiger partial charge in [0.15, 0.2) is 0 Å². The number of para-hydroxylation sites is 1. The minimum Gasteiger partial charge on any atom is -0.363 e. The van der Waals surface area contributed by atoms with E-state index in [0.717, 1.165) is 13.1 Å². The molecule has 1 aromatic carbocycles. The number of anilines is 1. The van der Waals surface area contributed by atoms with Gasteiger partial charge in [-0.15, -0.1) is 0 Å². The summed E-state index contributed by atoms with van der Waals surface area (Å²) in [6.07, 6.45) is 1.22. The van der Waals surface area contributed by atoms with Gasteiger partial charge in [-0.25, -0.2) is 0 Å². The van der Waals surface area contributed by atoms with Crippen LogP contribution < -0.4 is 10.2 Å². The molecule has 15 heavy (non-hydrogen) atoms. The molecule has 0 bridgehead atoms. The SMILES string of the molecule is Cc1cccc2c1N1C(C)CNC[C@H]1C2. The second-order valence-corrected chi connectivity index (χ2v) is 4.86. The molecule has 0 radical (unpaired) electrons. The second-order valence-electron chi connectivity index (χ2n) is 4.86. The molecule has 2 atom stereocenters. The Hall–Kier alpha value is -1.02. The van der Waals surface area contributed by atoms with E-state index < -0.39 is 0 Å². The van der Waals surface area contributed by atoms with Crippen LogP contribution in [0.25, 0.3) is 0 Å². The molecule has 2 heteroatoms. The van der Waals surface area contributed by atoms with Crippen LogP contribution in [-0.4, -0.2) is 25.2 Å². The van der Waals surface area contributed by atoms with Crippen LogP contribution in [0.1, 0.15) is 18.1 Å². The molecule has 1 unspecified atom stereocenters. The summed E-state index contributed by atoms with van der Waals surface area (Å²) in [4.78, 5) is 2.63. The number of hydrogen-bond acceptors (Lipinski definition) is 2. The third kappa shape index (κ3) is 1.28. The van der Waals surface area contributed by atoms with Gasteiger partial charge in [0, 0.05) is 30.9 Å². The molecule has 1 N–H and O–H groups in total. The Morgan fingerprint density at radius 1 is 1.33 bits per heavy atom. The second kappa shape index (κ2) is 3.24. The normalized spacial score (nSPS) is 28.8. The smallest absolute Gasteiger partial charge is 0.0459 e. The lowest BCUT2D eigenvalue weighted by molar-refractivity contribution is 0.429. The molecule has 2 aliphatic heterocycles. The Bertz CT molecular complexity index is 386. The van der Waals surface area contributed by atoms with E-state index in [1.165, 1.54) is 23.2 Å². The summed E-state index contributed by atoms with van der Waals surface area (Å²) in [5.41, 5.74) is 4.48. The largest absolute Gasteiger partial charge is 0.363 e. The molecule has 1 fully saturated rings. The van der Waals surface area contributed by atoms with Gasteiger partial charge in [0.1, 0.15) is 0 Å². The summed E-state index contributed by atoms with van der Waals surface area (Å²) in [5.74, 6) is 0. The molecule has 0 amide bonds. The van der Waals surface area contributed by atoms with E-state index in [-0.39, 0.29) is 0 Å². The van der Waals surface area contributed by atoms with Crippen molar-refractivity contribution in [3.05, 3.63) is 29.3 Å². The van der Waals surface area contributed by atoms with E-state index in [4.69, 9.17) is 0 Å². The van der Waals surface area contributed by atoms with Crippen LogP contribution in [0, 0.1) is 6.92 Å². The summed E-state index contributed by atoms with van der Waals surface area (Å²) >= 11 is 0. The van der Waals surface area contributed by atoms with E-state index in [1.54, 1.807) is 0 Å². The van der Waals surface area contributed by atoms with E-state index in [2.05, 4.69) is 42.3 Å². The molecule has 80 valence electrons. The number of nitrogens with zero attached hydrogens (tertiary/aromatic N) is 1. The monoisotopic (exact) mass is 202 g/mol. The summed E-state index contributed by atoms with van der Waals surface area (Å²) in [6.45, 7) is 6.80. The third-order valence-corrected chi connectivity index (χ3v) is 3.72. The van der Waals surface area contributed by atoms with Crippen molar-refractivity contribution in [3.8, 4) is 0 Å². The first kappa shape index (κ1) is 9.22. The van der Waals surface area contributed by atoms with Crippen molar-refractivity contribution in [2.24, 2.45) is 0 Å². The fourth-order valence-corrected chi connectivity index (χ4v) is 3.10. The summed E-state index contributed by atoms with van der Waals surface area (Å²) in [6, 6.07) is 8.02. The molecule has 0 spiro atoms. The lowest BCUT2D eigenvalue weighted by Gasteiger charge is -2.39. The van der Waals surface area contributed by atoms with Gasteiger partial charge in [0.2, 0.25) is 0 Å². The minimum atomic E-state index is 0.631. The van der Waals surface area contributed by atoms with Crippen LogP contribution in [-0.2, 0) is 6.42 Å². The van der Waals surface area contributed by atoms with E-state index in [1.807, 2.05) is 0 Å². The van der Waals surface area contributed by atoms with Crippen LogP contribution in [0.2, 0.25) is 0 Å². The number of fused-ring (bicyclic) bond motifs is 3. The molecule has 0 saturated carbocycles. The van der Waals surface area contributed by atoms with Crippen molar-refractivity contribution >= 4 is 5.69 Å². The molecule has 2 nitrogen and oxygen atoms in total. The molecule has 2 aliphatic rings. The number of nitrogens with one attached hydrogen (secondary N) is 1. The molecule has 1 aromatic rings. The number of benzene rings is 1. The van der Waals surface area contributed by atoms with Gasteiger partial charge >= 0.3 is 0 Å². The maximum absolute atomic E-state index is 3.52. The lowest BCUT2D eigenvalue weighted by Crippen LogP contribution is -2.55.